The Morgan fingerprint density at radius 1 is 1.06 bits per heavy atom. The summed E-state index contributed by atoms with van der Waals surface area (Å²) in [5, 5.41) is 8.34. The lowest BCUT2D eigenvalue weighted by Crippen LogP contribution is -2.18. The first-order valence-corrected chi connectivity index (χ1v) is 6.24. The Morgan fingerprint density at radius 2 is 1.83 bits per heavy atom. The summed E-state index contributed by atoms with van der Waals surface area (Å²) in [5.41, 5.74) is 3.57. The Bertz CT molecular complexity index is 511. The predicted octanol–water partition coefficient (Wildman–Crippen LogP) is 3.07. The SMILES string of the molecule is Cc1ccccc1CN(C)Cc1ccc(Cl)nn1. The fraction of sp³-hybridized carbons (Fsp3) is 0.286. The van der Waals surface area contributed by atoms with Crippen LogP contribution >= 0.6 is 11.6 Å². The molecule has 94 valence electrons. The molecule has 0 aliphatic heterocycles. The van der Waals surface area contributed by atoms with Gasteiger partial charge in [0.25, 0.3) is 0 Å². The zero-order valence-corrected chi connectivity index (χ0v) is 11.4. The van der Waals surface area contributed by atoms with Gasteiger partial charge in [-0.1, -0.05) is 35.9 Å². The van der Waals surface area contributed by atoms with Crippen LogP contribution in [0.2, 0.25) is 5.15 Å². The molecular weight excluding hydrogens is 246 g/mol. The summed E-state index contributed by atoms with van der Waals surface area (Å²) in [5.74, 6) is 0. The Hall–Kier alpha value is -1.45. The number of benzene rings is 1. The van der Waals surface area contributed by atoms with E-state index in [9.17, 15) is 0 Å². The first kappa shape index (κ1) is 13.0. The number of aromatic nitrogens is 2. The van der Waals surface area contributed by atoms with E-state index in [1.807, 2.05) is 6.07 Å². The van der Waals surface area contributed by atoms with Crippen LogP contribution in [-0.2, 0) is 13.1 Å². The molecule has 3 nitrogen and oxygen atoms in total. The van der Waals surface area contributed by atoms with Crippen LogP contribution in [0.25, 0.3) is 0 Å². The van der Waals surface area contributed by atoms with Crippen molar-refractivity contribution in [2.45, 2.75) is 20.0 Å². The summed E-state index contributed by atoms with van der Waals surface area (Å²) in [4.78, 5) is 2.21. The molecule has 0 N–H and O–H groups in total. The van der Waals surface area contributed by atoms with E-state index in [1.54, 1.807) is 6.07 Å². The largest absolute Gasteiger partial charge is 0.296 e. The van der Waals surface area contributed by atoms with Crippen molar-refractivity contribution < 1.29 is 0 Å². The standard InChI is InChI=1S/C14H16ClN3/c1-11-5-3-4-6-12(11)9-18(2)10-13-7-8-14(15)17-16-13/h3-8H,9-10H2,1-2H3. The molecule has 2 rings (SSSR count). The lowest BCUT2D eigenvalue weighted by Gasteiger charge is -2.17. The Balaban J connectivity index is 1.99. The summed E-state index contributed by atoms with van der Waals surface area (Å²) >= 11 is 5.71. The van der Waals surface area contributed by atoms with Gasteiger partial charge in [-0.05, 0) is 37.2 Å². The van der Waals surface area contributed by atoms with Crippen LogP contribution in [0.5, 0.6) is 0 Å². The smallest absolute Gasteiger partial charge is 0.151 e. The highest BCUT2D eigenvalue weighted by atomic mass is 35.5. The molecule has 0 radical (unpaired) electrons. The van der Waals surface area contributed by atoms with Gasteiger partial charge in [0.2, 0.25) is 0 Å². The Kier molecular flexibility index (Phi) is 4.28. The maximum absolute atomic E-state index is 5.71. The molecule has 0 saturated heterocycles. The molecule has 0 atom stereocenters. The van der Waals surface area contributed by atoms with Crippen molar-refractivity contribution in [3.8, 4) is 0 Å². The molecule has 0 aliphatic carbocycles. The van der Waals surface area contributed by atoms with Gasteiger partial charge < -0.3 is 0 Å². The minimum Gasteiger partial charge on any atom is -0.296 e. The topological polar surface area (TPSA) is 29.0 Å². The highest BCUT2D eigenvalue weighted by molar-refractivity contribution is 6.29. The van der Waals surface area contributed by atoms with E-state index in [-0.39, 0.29) is 0 Å². The summed E-state index contributed by atoms with van der Waals surface area (Å²) in [7, 11) is 2.07. The molecule has 1 heterocycles. The van der Waals surface area contributed by atoms with E-state index >= 15 is 0 Å². The van der Waals surface area contributed by atoms with Crippen LogP contribution in [0.4, 0.5) is 0 Å². The lowest BCUT2D eigenvalue weighted by atomic mass is 10.1. The highest BCUT2D eigenvalue weighted by Gasteiger charge is 2.05. The molecule has 0 fully saturated rings. The van der Waals surface area contributed by atoms with Crippen LogP contribution in [0.3, 0.4) is 0 Å². The summed E-state index contributed by atoms with van der Waals surface area (Å²) < 4.78 is 0. The molecule has 0 aliphatic rings. The fourth-order valence-corrected chi connectivity index (χ4v) is 1.94. The van der Waals surface area contributed by atoms with Crippen molar-refractivity contribution >= 4 is 11.6 Å². The molecule has 1 aromatic heterocycles. The van der Waals surface area contributed by atoms with Gasteiger partial charge in [0.05, 0.1) is 5.69 Å². The Morgan fingerprint density at radius 3 is 2.50 bits per heavy atom. The minimum absolute atomic E-state index is 0.431. The normalized spacial score (nSPS) is 10.9. The average molecular weight is 262 g/mol. The number of hydrogen-bond acceptors (Lipinski definition) is 3. The van der Waals surface area contributed by atoms with Crippen LogP contribution in [-0.4, -0.2) is 22.1 Å². The molecule has 0 spiro atoms. The summed E-state index contributed by atoms with van der Waals surface area (Å²) in [6.07, 6.45) is 0. The zero-order chi connectivity index (χ0) is 13.0. The summed E-state index contributed by atoms with van der Waals surface area (Å²) in [6.45, 7) is 3.79. The molecule has 4 heteroatoms. The average Bonchev–Trinajstić information content (AvgIpc) is 2.35. The monoisotopic (exact) mass is 261 g/mol. The highest BCUT2D eigenvalue weighted by Crippen LogP contribution is 2.11. The number of hydrogen-bond donors (Lipinski definition) is 0. The molecule has 0 unspecified atom stereocenters. The van der Waals surface area contributed by atoms with Crippen molar-refractivity contribution in [3.63, 3.8) is 0 Å². The first-order chi connectivity index (χ1) is 8.65. The fourth-order valence-electron chi connectivity index (χ4n) is 1.84. The molecule has 0 saturated carbocycles. The van der Waals surface area contributed by atoms with Crippen molar-refractivity contribution in [2.24, 2.45) is 0 Å². The maximum Gasteiger partial charge on any atom is 0.151 e. The molecule has 1 aromatic carbocycles. The molecule has 0 bridgehead atoms. The first-order valence-electron chi connectivity index (χ1n) is 5.86. The third kappa shape index (κ3) is 3.52. The molecule has 2 aromatic rings. The van der Waals surface area contributed by atoms with Crippen molar-refractivity contribution in [2.75, 3.05) is 7.05 Å². The van der Waals surface area contributed by atoms with Crippen molar-refractivity contribution in [1.82, 2.24) is 15.1 Å². The van der Waals surface area contributed by atoms with E-state index < -0.39 is 0 Å². The molecule has 18 heavy (non-hydrogen) atoms. The van der Waals surface area contributed by atoms with Gasteiger partial charge >= 0.3 is 0 Å². The van der Waals surface area contributed by atoms with Gasteiger partial charge in [0.15, 0.2) is 5.15 Å². The van der Waals surface area contributed by atoms with Crippen molar-refractivity contribution in [1.29, 1.82) is 0 Å². The van der Waals surface area contributed by atoms with E-state index in [1.165, 1.54) is 11.1 Å². The third-order valence-corrected chi connectivity index (χ3v) is 3.02. The van der Waals surface area contributed by atoms with Crippen molar-refractivity contribution in [3.05, 3.63) is 58.4 Å². The van der Waals surface area contributed by atoms with E-state index in [0.717, 1.165) is 18.8 Å². The van der Waals surface area contributed by atoms with Crippen LogP contribution in [0, 0.1) is 6.92 Å². The van der Waals surface area contributed by atoms with Crippen LogP contribution < -0.4 is 0 Å². The number of rotatable bonds is 4. The number of aryl methyl sites for hydroxylation is 1. The van der Waals surface area contributed by atoms with Crippen LogP contribution in [0.15, 0.2) is 36.4 Å². The number of halogens is 1. The minimum atomic E-state index is 0.431. The second-order valence-corrected chi connectivity index (χ2v) is 4.83. The third-order valence-electron chi connectivity index (χ3n) is 2.82. The van der Waals surface area contributed by atoms with Gasteiger partial charge in [-0.15, -0.1) is 5.10 Å². The van der Waals surface area contributed by atoms with Gasteiger partial charge in [-0.25, -0.2) is 0 Å². The zero-order valence-electron chi connectivity index (χ0n) is 10.6. The van der Waals surface area contributed by atoms with E-state index in [4.69, 9.17) is 11.6 Å². The Labute approximate surface area is 112 Å². The van der Waals surface area contributed by atoms with Gasteiger partial charge in [0.1, 0.15) is 0 Å². The van der Waals surface area contributed by atoms with Gasteiger partial charge in [-0.2, -0.15) is 5.10 Å². The molecular formula is C14H16ClN3. The second-order valence-electron chi connectivity index (χ2n) is 4.45. The van der Waals surface area contributed by atoms with Crippen LogP contribution in [0.1, 0.15) is 16.8 Å². The molecule has 0 amide bonds. The van der Waals surface area contributed by atoms with Gasteiger partial charge in [-0.3, -0.25) is 4.90 Å². The van der Waals surface area contributed by atoms with E-state index in [2.05, 4.69) is 53.3 Å². The van der Waals surface area contributed by atoms with E-state index in [0.29, 0.717) is 5.15 Å². The number of nitrogens with zero attached hydrogens (tertiary/aromatic N) is 3. The summed E-state index contributed by atoms with van der Waals surface area (Å²) in [6, 6.07) is 12.1. The second kappa shape index (κ2) is 5.94. The maximum atomic E-state index is 5.71. The quantitative estimate of drug-likeness (QED) is 0.847. The predicted molar refractivity (Wildman–Crippen MR) is 73.4 cm³/mol. The lowest BCUT2D eigenvalue weighted by molar-refractivity contribution is 0.313. The van der Waals surface area contributed by atoms with Gasteiger partial charge in [0, 0.05) is 13.1 Å².